The highest BCUT2D eigenvalue weighted by atomic mass is 19.1. The van der Waals surface area contributed by atoms with Crippen molar-refractivity contribution in [2.75, 3.05) is 13.2 Å². The van der Waals surface area contributed by atoms with Gasteiger partial charge in [-0.25, -0.2) is 4.39 Å². The minimum Gasteiger partial charge on any atom is -0.491 e. The van der Waals surface area contributed by atoms with Gasteiger partial charge in [0.25, 0.3) is 0 Å². The predicted octanol–water partition coefficient (Wildman–Crippen LogP) is 3.37. The summed E-state index contributed by atoms with van der Waals surface area (Å²) in [7, 11) is 0. The fourth-order valence-corrected chi connectivity index (χ4v) is 1.75. The summed E-state index contributed by atoms with van der Waals surface area (Å²) < 4.78 is 18.6. The van der Waals surface area contributed by atoms with Gasteiger partial charge in [0, 0.05) is 6.04 Å². The average Bonchev–Trinajstić information content (AvgIpc) is 2.31. The molecular formula is C14H22FNO. The van der Waals surface area contributed by atoms with Gasteiger partial charge in [-0.05, 0) is 44.9 Å². The van der Waals surface area contributed by atoms with E-state index in [-0.39, 0.29) is 5.82 Å². The van der Waals surface area contributed by atoms with Crippen molar-refractivity contribution in [3.8, 4) is 5.75 Å². The topological polar surface area (TPSA) is 21.3 Å². The van der Waals surface area contributed by atoms with Crippen molar-refractivity contribution in [2.24, 2.45) is 0 Å². The second-order valence-electron chi connectivity index (χ2n) is 4.23. The lowest BCUT2D eigenvalue weighted by molar-refractivity contribution is 0.288. The summed E-state index contributed by atoms with van der Waals surface area (Å²) in [5, 5.41) is 3.36. The van der Waals surface area contributed by atoms with Crippen molar-refractivity contribution in [1.82, 2.24) is 5.32 Å². The maximum atomic E-state index is 13.2. The zero-order valence-electron chi connectivity index (χ0n) is 10.7. The van der Waals surface area contributed by atoms with Crippen molar-refractivity contribution < 1.29 is 9.13 Å². The quantitative estimate of drug-likeness (QED) is 0.702. The number of halogens is 1. The van der Waals surface area contributed by atoms with Crippen LogP contribution in [0.3, 0.4) is 0 Å². The Labute approximate surface area is 103 Å². The Kier molecular flexibility index (Phi) is 6.63. The molecule has 2 nitrogen and oxygen atoms in total. The van der Waals surface area contributed by atoms with Gasteiger partial charge < -0.3 is 10.1 Å². The molecule has 0 aliphatic carbocycles. The van der Waals surface area contributed by atoms with Crippen molar-refractivity contribution >= 4 is 0 Å². The molecule has 3 heteroatoms. The van der Waals surface area contributed by atoms with Crippen LogP contribution in [0.4, 0.5) is 4.39 Å². The van der Waals surface area contributed by atoms with Crippen LogP contribution < -0.4 is 10.1 Å². The summed E-state index contributed by atoms with van der Waals surface area (Å²) in [6.07, 6.45) is 3.20. The monoisotopic (exact) mass is 239 g/mol. The first kappa shape index (κ1) is 14.0. The van der Waals surface area contributed by atoms with Gasteiger partial charge >= 0.3 is 0 Å². The molecule has 17 heavy (non-hydrogen) atoms. The van der Waals surface area contributed by atoms with Crippen LogP contribution in [0, 0.1) is 5.82 Å². The molecule has 1 aromatic rings. The van der Waals surface area contributed by atoms with Crippen LogP contribution in [0.15, 0.2) is 24.3 Å². The third-order valence-corrected chi connectivity index (χ3v) is 2.68. The summed E-state index contributed by atoms with van der Waals surface area (Å²) in [5.41, 5.74) is 0. The van der Waals surface area contributed by atoms with Crippen LogP contribution in [0.25, 0.3) is 0 Å². The molecule has 0 aromatic heterocycles. The van der Waals surface area contributed by atoms with Crippen molar-refractivity contribution in [3.05, 3.63) is 30.1 Å². The maximum absolute atomic E-state index is 13.2. The number of unbranched alkanes of at least 4 members (excludes halogenated alkanes) is 1. The van der Waals surface area contributed by atoms with E-state index in [2.05, 4.69) is 19.2 Å². The highest BCUT2D eigenvalue weighted by Gasteiger charge is 2.02. The largest absolute Gasteiger partial charge is 0.491 e. The number of hydrogen-bond acceptors (Lipinski definition) is 2. The number of rotatable bonds is 8. The Hall–Kier alpha value is -1.09. The molecule has 1 rings (SSSR count). The molecule has 0 heterocycles. The van der Waals surface area contributed by atoms with E-state index in [0.717, 1.165) is 25.8 Å². The van der Waals surface area contributed by atoms with Crippen LogP contribution >= 0.6 is 0 Å². The van der Waals surface area contributed by atoms with E-state index in [0.29, 0.717) is 18.4 Å². The third kappa shape index (κ3) is 5.68. The number of ether oxygens (including phenoxy) is 1. The van der Waals surface area contributed by atoms with Crippen molar-refractivity contribution in [2.45, 2.75) is 39.2 Å². The van der Waals surface area contributed by atoms with Gasteiger partial charge in [-0.2, -0.15) is 0 Å². The average molecular weight is 239 g/mol. The number of benzene rings is 1. The molecule has 0 saturated carbocycles. The normalized spacial score (nSPS) is 12.4. The lowest BCUT2D eigenvalue weighted by Crippen LogP contribution is -2.25. The van der Waals surface area contributed by atoms with Crippen LogP contribution in [-0.4, -0.2) is 19.2 Å². The molecule has 0 saturated heterocycles. The Morgan fingerprint density at radius 3 is 2.76 bits per heavy atom. The number of para-hydroxylation sites is 1. The molecule has 1 N–H and O–H groups in total. The van der Waals surface area contributed by atoms with Gasteiger partial charge in [-0.1, -0.05) is 19.1 Å². The van der Waals surface area contributed by atoms with E-state index >= 15 is 0 Å². The van der Waals surface area contributed by atoms with Crippen LogP contribution in [0.2, 0.25) is 0 Å². The standard InChI is InChI=1S/C14H22FNO/c1-3-16-12(2)8-6-7-11-17-14-10-5-4-9-13(14)15/h4-5,9-10,12,16H,3,6-8,11H2,1-2H3. The van der Waals surface area contributed by atoms with Gasteiger partial charge in [0.05, 0.1) is 6.61 Å². The molecule has 1 aromatic carbocycles. The molecular weight excluding hydrogens is 217 g/mol. The Bertz CT molecular complexity index is 317. The molecule has 0 bridgehead atoms. The minimum atomic E-state index is -0.284. The first-order chi connectivity index (χ1) is 8.24. The second kappa shape index (κ2) is 8.07. The van der Waals surface area contributed by atoms with Gasteiger partial charge in [-0.15, -0.1) is 0 Å². The molecule has 0 spiro atoms. The van der Waals surface area contributed by atoms with Gasteiger partial charge in [-0.3, -0.25) is 0 Å². The summed E-state index contributed by atoms with van der Waals surface area (Å²) >= 11 is 0. The van der Waals surface area contributed by atoms with E-state index < -0.39 is 0 Å². The first-order valence-corrected chi connectivity index (χ1v) is 6.34. The molecule has 0 aliphatic heterocycles. The Morgan fingerprint density at radius 2 is 2.06 bits per heavy atom. The fraction of sp³-hybridized carbons (Fsp3) is 0.571. The summed E-state index contributed by atoms with van der Waals surface area (Å²) in [6, 6.07) is 7.08. The summed E-state index contributed by atoms with van der Waals surface area (Å²) in [4.78, 5) is 0. The maximum Gasteiger partial charge on any atom is 0.165 e. The fourth-order valence-electron chi connectivity index (χ4n) is 1.75. The molecule has 0 amide bonds. The van der Waals surface area contributed by atoms with E-state index in [4.69, 9.17) is 4.74 Å². The number of hydrogen-bond donors (Lipinski definition) is 1. The second-order valence-corrected chi connectivity index (χ2v) is 4.23. The molecule has 96 valence electrons. The van der Waals surface area contributed by atoms with Crippen molar-refractivity contribution in [3.63, 3.8) is 0 Å². The van der Waals surface area contributed by atoms with Crippen molar-refractivity contribution in [1.29, 1.82) is 0 Å². The van der Waals surface area contributed by atoms with E-state index in [9.17, 15) is 4.39 Å². The lowest BCUT2D eigenvalue weighted by atomic mass is 10.1. The van der Waals surface area contributed by atoms with Gasteiger partial charge in [0.15, 0.2) is 11.6 Å². The lowest BCUT2D eigenvalue weighted by Gasteiger charge is -2.12. The van der Waals surface area contributed by atoms with Gasteiger partial charge in [0.1, 0.15) is 0 Å². The Morgan fingerprint density at radius 1 is 1.29 bits per heavy atom. The highest BCUT2D eigenvalue weighted by molar-refractivity contribution is 5.23. The van der Waals surface area contributed by atoms with E-state index in [1.165, 1.54) is 6.07 Å². The number of nitrogens with one attached hydrogen (secondary N) is 1. The molecule has 0 fully saturated rings. The van der Waals surface area contributed by atoms with E-state index in [1.54, 1.807) is 18.2 Å². The zero-order chi connectivity index (χ0) is 12.5. The zero-order valence-corrected chi connectivity index (χ0v) is 10.7. The van der Waals surface area contributed by atoms with Crippen LogP contribution in [0.5, 0.6) is 5.75 Å². The third-order valence-electron chi connectivity index (χ3n) is 2.68. The molecule has 1 atom stereocenters. The predicted molar refractivity (Wildman–Crippen MR) is 68.9 cm³/mol. The smallest absolute Gasteiger partial charge is 0.165 e. The summed E-state index contributed by atoms with van der Waals surface area (Å²) in [6.45, 7) is 5.88. The SMILES string of the molecule is CCNC(C)CCCCOc1ccccc1F. The molecule has 1 unspecified atom stereocenters. The summed E-state index contributed by atoms with van der Waals surface area (Å²) in [5.74, 6) is 0.0701. The Balaban J connectivity index is 2.10. The van der Waals surface area contributed by atoms with Crippen LogP contribution in [-0.2, 0) is 0 Å². The highest BCUT2D eigenvalue weighted by Crippen LogP contribution is 2.15. The van der Waals surface area contributed by atoms with E-state index in [1.807, 2.05) is 0 Å². The first-order valence-electron chi connectivity index (χ1n) is 6.34. The minimum absolute atomic E-state index is 0.284. The molecule has 0 aliphatic rings. The molecule has 0 radical (unpaired) electrons. The van der Waals surface area contributed by atoms with Crippen LogP contribution in [0.1, 0.15) is 33.1 Å². The van der Waals surface area contributed by atoms with Gasteiger partial charge in [0.2, 0.25) is 0 Å².